The van der Waals surface area contributed by atoms with Crippen LogP contribution in [-0.4, -0.2) is 18.9 Å². The van der Waals surface area contributed by atoms with Gasteiger partial charge in [0.25, 0.3) is 0 Å². The van der Waals surface area contributed by atoms with Crippen LogP contribution in [0.15, 0.2) is 12.1 Å². The molecular formula is C16H21F2NO. The van der Waals surface area contributed by atoms with E-state index in [-0.39, 0.29) is 29.2 Å². The summed E-state index contributed by atoms with van der Waals surface area (Å²) in [6, 6.07) is 2.85. The minimum Gasteiger partial charge on any atom is -0.316 e. The molecule has 2 nitrogen and oxygen atoms in total. The van der Waals surface area contributed by atoms with E-state index in [1.807, 2.05) is 6.92 Å². The lowest BCUT2D eigenvalue weighted by atomic mass is 9.83. The number of hydrogen-bond acceptors (Lipinski definition) is 2. The molecule has 2 unspecified atom stereocenters. The zero-order valence-electron chi connectivity index (χ0n) is 12.0. The van der Waals surface area contributed by atoms with Crippen LogP contribution in [0.2, 0.25) is 0 Å². The molecule has 110 valence electrons. The summed E-state index contributed by atoms with van der Waals surface area (Å²) in [6.45, 7) is 5.43. The van der Waals surface area contributed by atoms with E-state index < -0.39 is 11.6 Å². The quantitative estimate of drug-likeness (QED) is 0.856. The van der Waals surface area contributed by atoms with Crippen LogP contribution in [0.3, 0.4) is 0 Å². The van der Waals surface area contributed by atoms with Crippen LogP contribution in [0.4, 0.5) is 8.78 Å². The first-order chi connectivity index (χ1) is 9.50. The molecule has 0 radical (unpaired) electrons. The number of Topliss-reactive ketones (excluding diaryl/α,β-unsaturated/α-hetero) is 1. The van der Waals surface area contributed by atoms with Gasteiger partial charge < -0.3 is 5.32 Å². The van der Waals surface area contributed by atoms with Crippen LogP contribution in [0, 0.1) is 30.4 Å². The first-order valence-corrected chi connectivity index (χ1v) is 7.19. The second-order valence-electron chi connectivity index (χ2n) is 5.77. The van der Waals surface area contributed by atoms with Gasteiger partial charge >= 0.3 is 0 Å². The fourth-order valence-corrected chi connectivity index (χ4v) is 2.79. The van der Waals surface area contributed by atoms with E-state index in [0.717, 1.165) is 25.9 Å². The van der Waals surface area contributed by atoms with Crippen LogP contribution in [0.1, 0.15) is 42.1 Å². The zero-order chi connectivity index (χ0) is 14.7. The van der Waals surface area contributed by atoms with Gasteiger partial charge in [-0.05, 0) is 56.3 Å². The maximum absolute atomic E-state index is 13.8. The number of piperidine rings is 1. The molecule has 1 saturated heterocycles. The SMILES string of the molecule is Cc1ccc(C(=O)CC(C)C2CCCNC2)c(F)c1F. The Balaban J connectivity index is 2.06. The third-order valence-corrected chi connectivity index (χ3v) is 4.22. The zero-order valence-corrected chi connectivity index (χ0v) is 12.0. The number of benzene rings is 1. The van der Waals surface area contributed by atoms with Crippen molar-refractivity contribution >= 4 is 5.78 Å². The third-order valence-electron chi connectivity index (χ3n) is 4.22. The Morgan fingerprint density at radius 1 is 1.40 bits per heavy atom. The number of carbonyl (C=O) groups excluding carboxylic acids is 1. The predicted octanol–water partition coefficient (Wildman–Crippen LogP) is 3.48. The van der Waals surface area contributed by atoms with Gasteiger partial charge in [-0.25, -0.2) is 8.78 Å². The molecule has 2 atom stereocenters. The molecule has 0 amide bonds. The maximum atomic E-state index is 13.8. The van der Waals surface area contributed by atoms with E-state index in [2.05, 4.69) is 5.32 Å². The summed E-state index contributed by atoms with van der Waals surface area (Å²) in [5.41, 5.74) is 0.104. The van der Waals surface area contributed by atoms with Crippen LogP contribution in [0.5, 0.6) is 0 Å². The van der Waals surface area contributed by atoms with Crippen molar-refractivity contribution < 1.29 is 13.6 Å². The standard InChI is InChI=1S/C16H21F2NO/c1-10-5-6-13(16(18)15(10)17)14(20)8-11(2)12-4-3-7-19-9-12/h5-6,11-12,19H,3-4,7-9H2,1-2H3. The highest BCUT2D eigenvalue weighted by Gasteiger charge is 2.24. The number of hydrogen-bond donors (Lipinski definition) is 1. The summed E-state index contributed by atoms with van der Waals surface area (Å²) in [5, 5.41) is 3.31. The monoisotopic (exact) mass is 281 g/mol. The molecule has 1 aromatic carbocycles. The molecule has 0 aliphatic carbocycles. The molecule has 0 bridgehead atoms. The molecule has 0 spiro atoms. The van der Waals surface area contributed by atoms with Crippen molar-refractivity contribution in [3.63, 3.8) is 0 Å². The molecular weight excluding hydrogens is 260 g/mol. The largest absolute Gasteiger partial charge is 0.316 e. The van der Waals surface area contributed by atoms with E-state index in [1.165, 1.54) is 19.1 Å². The minimum absolute atomic E-state index is 0.122. The predicted molar refractivity (Wildman–Crippen MR) is 74.8 cm³/mol. The van der Waals surface area contributed by atoms with Gasteiger partial charge in [0, 0.05) is 6.42 Å². The van der Waals surface area contributed by atoms with Crippen molar-refractivity contribution in [1.82, 2.24) is 5.32 Å². The summed E-state index contributed by atoms with van der Waals surface area (Å²) >= 11 is 0. The topological polar surface area (TPSA) is 29.1 Å². The molecule has 2 rings (SSSR count). The van der Waals surface area contributed by atoms with E-state index in [9.17, 15) is 13.6 Å². The Bertz CT molecular complexity index is 495. The molecule has 1 heterocycles. The number of rotatable bonds is 4. The molecule has 0 saturated carbocycles. The Morgan fingerprint density at radius 2 is 2.15 bits per heavy atom. The van der Waals surface area contributed by atoms with Crippen molar-refractivity contribution in [3.8, 4) is 0 Å². The van der Waals surface area contributed by atoms with E-state index in [1.54, 1.807) is 0 Å². The van der Waals surface area contributed by atoms with Crippen molar-refractivity contribution in [1.29, 1.82) is 0 Å². The lowest BCUT2D eigenvalue weighted by molar-refractivity contribution is 0.0938. The summed E-state index contributed by atoms with van der Waals surface area (Å²) in [5.74, 6) is -1.61. The van der Waals surface area contributed by atoms with Crippen molar-refractivity contribution in [2.24, 2.45) is 11.8 Å². The van der Waals surface area contributed by atoms with Gasteiger partial charge in [0.2, 0.25) is 0 Å². The molecule has 1 N–H and O–H groups in total. The van der Waals surface area contributed by atoms with Crippen molar-refractivity contribution in [2.75, 3.05) is 13.1 Å². The van der Waals surface area contributed by atoms with Gasteiger partial charge in [-0.1, -0.05) is 13.0 Å². The number of aryl methyl sites for hydroxylation is 1. The highest BCUT2D eigenvalue weighted by atomic mass is 19.2. The Morgan fingerprint density at radius 3 is 2.80 bits per heavy atom. The summed E-state index contributed by atoms with van der Waals surface area (Å²) in [7, 11) is 0. The van der Waals surface area contributed by atoms with E-state index >= 15 is 0 Å². The fourth-order valence-electron chi connectivity index (χ4n) is 2.79. The summed E-state index contributed by atoms with van der Waals surface area (Å²) in [4.78, 5) is 12.2. The fraction of sp³-hybridized carbons (Fsp3) is 0.562. The van der Waals surface area contributed by atoms with E-state index in [0.29, 0.717) is 5.92 Å². The van der Waals surface area contributed by atoms with Crippen LogP contribution in [0.25, 0.3) is 0 Å². The number of nitrogens with one attached hydrogen (secondary N) is 1. The Hall–Kier alpha value is -1.29. The van der Waals surface area contributed by atoms with Crippen LogP contribution < -0.4 is 5.32 Å². The average molecular weight is 281 g/mol. The van der Waals surface area contributed by atoms with Gasteiger partial charge in [-0.15, -0.1) is 0 Å². The Labute approximate surface area is 118 Å². The maximum Gasteiger partial charge on any atom is 0.169 e. The molecule has 1 aliphatic heterocycles. The second kappa shape index (κ2) is 6.44. The highest BCUT2D eigenvalue weighted by Crippen LogP contribution is 2.25. The van der Waals surface area contributed by atoms with Gasteiger partial charge in [0.15, 0.2) is 17.4 Å². The number of carbonyl (C=O) groups is 1. The summed E-state index contributed by atoms with van der Waals surface area (Å²) < 4.78 is 27.3. The van der Waals surface area contributed by atoms with Crippen molar-refractivity contribution in [3.05, 3.63) is 34.9 Å². The molecule has 1 aromatic rings. The molecule has 1 aliphatic rings. The van der Waals surface area contributed by atoms with Gasteiger partial charge in [-0.2, -0.15) is 0 Å². The van der Waals surface area contributed by atoms with Crippen LogP contribution >= 0.6 is 0 Å². The summed E-state index contributed by atoms with van der Waals surface area (Å²) in [6.07, 6.45) is 2.47. The van der Waals surface area contributed by atoms with Gasteiger partial charge in [0.05, 0.1) is 5.56 Å². The first-order valence-electron chi connectivity index (χ1n) is 7.19. The molecule has 1 fully saturated rings. The third kappa shape index (κ3) is 3.23. The lowest BCUT2D eigenvalue weighted by Gasteiger charge is -2.28. The van der Waals surface area contributed by atoms with E-state index in [4.69, 9.17) is 0 Å². The average Bonchev–Trinajstić information content (AvgIpc) is 2.45. The van der Waals surface area contributed by atoms with Crippen LogP contribution in [-0.2, 0) is 0 Å². The lowest BCUT2D eigenvalue weighted by Crippen LogP contribution is -2.34. The number of halogens is 2. The number of ketones is 1. The Kier molecular flexibility index (Phi) is 4.86. The highest BCUT2D eigenvalue weighted by molar-refractivity contribution is 5.96. The minimum atomic E-state index is -1.01. The smallest absolute Gasteiger partial charge is 0.169 e. The molecule has 0 aromatic heterocycles. The first kappa shape index (κ1) is 15.1. The molecule has 4 heteroatoms. The van der Waals surface area contributed by atoms with Gasteiger partial charge in [0.1, 0.15) is 0 Å². The molecule has 20 heavy (non-hydrogen) atoms. The van der Waals surface area contributed by atoms with Crippen molar-refractivity contribution in [2.45, 2.75) is 33.1 Å². The normalized spacial score (nSPS) is 20.7. The van der Waals surface area contributed by atoms with Gasteiger partial charge in [-0.3, -0.25) is 4.79 Å². The second-order valence-corrected chi connectivity index (χ2v) is 5.77.